The minimum absolute atomic E-state index is 0.369. The zero-order chi connectivity index (χ0) is 83.6. The van der Waals surface area contributed by atoms with Crippen LogP contribution in [0.3, 0.4) is 0 Å². The third-order valence-corrected chi connectivity index (χ3v) is 28.7. The van der Waals surface area contributed by atoms with Crippen molar-refractivity contribution in [2.24, 2.45) is 0 Å². The molecule has 0 saturated carbocycles. The van der Waals surface area contributed by atoms with Gasteiger partial charge in [0.2, 0.25) is 0 Å². The number of rotatable bonds is 10. The average Bonchev–Trinajstić information content (AvgIpc) is 1.54. The van der Waals surface area contributed by atoms with Crippen molar-refractivity contribution in [2.75, 3.05) is 0 Å². The fraction of sp³-hybridized carbons (Fsp3) is 0.0551. The second-order valence-electron chi connectivity index (χ2n) is 35.2. The van der Waals surface area contributed by atoms with Gasteiger partial charge in [-0.05, 0) is 313 Å². The Kier molecular flexibility index (Phi) is 17.7. The van der Waals surface area contributed by atoms with E-state index >= 15 is 0 Å². The Hall–Kier alpha value is -15.6. The van der Waals surface area contributed by atoms with E-state index in [-0.39, 0.29) is 5.41 Å². The summed E-state index contributed by atoms with van der Waals surface area (Å²) < 4.78 is 0. The fourth-order valence-electron chi connectivity index (χ4n) is 23.1. The van der Waals surface area contributed by atoms with E-state index in [0.717, 1.165) is 38.5 Å². The zero-order valence-electron chi connectivity index (χ0n) is 70.5. The second kappa shape index (κ2) is 30.4. The molecule has 0 fully saturated rings. The molecule has 0 atom stereocenters. The average molecular weight is 1610 g/mol. The molecule has 20 aromatic rings. The summed E-state index contributed by atoms with van der Waals surface area (Å²) in [7, 11) is 0. The van der Waals surface area contributed by atoms with Crippen LogP contribution in [0.15, 0.2) is 449 Å². The van der Waals surface area contributed by atoms with Crippen molar-refractivity contribution >= 4 is 0 Å². The number of hydrogen-bond donors (Lipinski definition) is 0. The molecule has 0 unspecified atom stereocenters. The molecular weight excluding hydrogens is 1530 g/mol. The maximum atomic E-state index is 2.46. The number of hydrogen-bond acceptors (Lipinski definition) is 0. The highest BCUT2D eigenvalue weighted by molar-refractivity contribution is 6.00. The summed E-state index contributed by atoms with van der Waals surface area (Å²) in [6.45, 7) is 0. The first kappa shape index (κ1) is 74.1. The Morgan fingerprint density at radius 2 is 0.315 bits per heavy atom. The van der Waals surface area contributed by atoms with Gasteiger partial charge in [-0.1, -0.05) is 431 Å². The predicted molar refractivity (Wildman–Crippen MR) is 530 cm³/mol. The molecule has 7 aliphatic rings. The first-order chi connectivity index (χ1) is 63.0. The highest BCUT2D eigenvalue weighted by Gasteiger charge is 2.46. The molecule has 0 bridgehead atoms. The quantitative estimate of drug-likeness (QED) is 0.128. The molecule has 0 nitrogen and oxygen atoms in total. The lowest BCUT2D eigenvalue weighted by atomic mass is 9.67. The van der Waals surface area contributed by atoms with E-state index in [1.165, 1.54) is 256 Å². The molecule has 0 aliphatic heterocycles. The Morgan fingerprint density at radius 3 is 0.638 bits per heavy atom. The van der Waals surface area contributed by atoms with Crippen LogP contribution in [-0.2, 0) is 43.9 Å². The molecule has 0 heterocycles. The van der Waals surface area contributed by atoms with Crippen LogP contribution in [-0.4, -0.2) is 0 Å². The van der Waals surface area contributed by atoms with E-state index in [4.69, 9.17) is 0 Å². The molecule has 0 saturated heterocycles. The van der Waals surface area contributed by atoms with Crippen molar-refractivity contribution in [1.82, 2.24) is 0 Å². The minimum Gasteiger partial charge on any atom is -0.0622 e. The maximum absolute atomic E-state index is 2.46. The van der Waals surface area contributed by atoms with Gasteiger partial charge in [-0.25, -0.2) is 0 Å². The van der Waals surface area contributed by atoms with Crippen molar-refractivity contribution in [2.45, 2.75) is 43.9 Å². The maximum Gasteiger partial charge on any atom is 0.0713 e. The largest absolute Gasteiger partial charge is 0.0713 e. The van der Waals surface area contributed by atoms with E-state index in [1.54, 1.807) is 0 Å². The van der Waals surface area contributed by atoms with Gasteiger partial charge in [0.05, 0.1) is 5.41 Å². The van der Waals surface area contributed by atoms with Gasteiger partial charge in [0.25, 0.3) is 0 Å². The van der Waals surface area contributed by atoms with Crippen molar-refractivity contribution in [3.8, 4) is 167 Å². The van der Waals surface area contributed by atoms with Gasteiger partial charge in [-0.15, -0.1) is 0 Å². The van der Waals surface area contributed by atoms with Crippen LogP contribution < -0.4 is 0 Å². The lowest BCUT2D eigenvalue weighted by Gasteiger charge is -2.34. The molecule has 0 heteroatoms. The highest BCUT2D eigenvalue weighted by Crippen LogP contribution is 2.58. The second-order valence-corrected chi connectivity index (χ2v) is 35.2. The molecule has 0 aromatic heterocycles. The number of benzene rings is 20. The third-order valence-electron chi connectivity index (χ3n) is 28.7. The van der Waals surface area contributed by atoms with E-state index in [9.17, 15) is 0 Å². The minimum atomic E-state index is -0.369. The Morgan fingerprint density at radius 1 is 0.118 bits per heavy atom. The van der Waals surface area contributed by atoms with Crippen LogP contribution in [0, 0.1) is 0 Å². The van der Waals surface area contributed by atoms with Crippen LogP contribution in [0.25, 0.3) is 167 Å². The molecule has 0 spiro atoms. The van der Waals surface area contributed by atoms with Gasteiger partial charge in [-0.3, -0.25) is 0 Å². The van der Waals surface area contributed by atoms with Gasteiger partial charge in [-0.2, -0.15) is 0 Å². The summed E-state index contributed by atoms with van der Waals surface area (Å²) in [5.41, 5.74) is 62.3. The van der Waals surface area contributed by atoms with Crippen LogP contribution in [0.5, 0.6) is 0 Å². The van der Waals surface area contributed by atoms with E-state index < -0.39 is 0 Å². The number of fused-ring (bicyclic) bond motifs is 21. The highest BCUT2D eigenvalue weighted by atomic mass is 14.5. The van der Waals surface area contributed by atoms with Crippen molar-refractivity contribution in [3.63, 3.8) is 0 Å². The lowest BCUT2D eigenvalue weighted by molar-refractivity contribution is 0.768. The molecule has 127 heavy (non-hydrogen) atoms. The summed E-state index contributed by atoms with van der Waals surface area (Å²) in [5, 5.41) is 0. The van der Waals surface area contributed by atoms with Crippen LogP contribution in [0.1, 0.15) is 89.0 Å². The third kappa shape index (κ3) is 12.1. The molecule has 0 N–H and O–H groups in total. The molecule has 0 amide bonds. The standard InChI is InChI=1S/C45H30.C44H30.C38H26/c1-4-13-34-28(10-1)25-43-37(16-7-19-40(34)43)31-22-32(38-17-8-20-41-35-14-5-2-11-29(35)26-44(38)41)24-33(23-31)39-18-9-21-42-36-15-6-3-12-30(36)27-45(39)42;1-3-13-30(14-4-1)34-19-11-21-36-37-22-12-20-35(41(37)29-40(34)36)31-25-27-33(28-26-31)44(32-15-5-2-6-16-32)42-23-9-7-17-38(42)39-18-8-10-24-43(39)44;1-3-13-27-25(11-1)23-37-29(27)19-9-21-35(37)33-17-7-5-15-31(33)32-16-6-8-18-34(32)36-22-10-20-30-28-14-4-2-12-26(28)24-38(30)36/h1-24H,25-27H2;1-28H,29H2;1-22H,23-24H2. The van der Waals surface area contributed by atoms with Gasteiger partial charge in [0, 0.05) is 0 Å². The Bertz CT molecular complexity index is 7400. The monoisotopic (exact) mass is 1610 g/mol. The summed E-state index contributed by atoms with van der Waals surface area (Å²) in [6, 6.07) is 167. The first-order valence-corrected chi connectivity index (χ1v) is 45.0. The van der Waals surface area contributed by atoms with Crippen LogP contribution in [0.4, 0.5) is 0 Å². The van der Waals surface area contributed by atoms with Crippen molar-refractivity contribution in [3.05, 3.63) is 538 Å². The summed E-state index contributed by atoms with van der Waals surface area (Å²) >= 11 is 0. The SMILES string of the molecule is c1ccc(-c2cccc3c2Cc2c(-c4ccc(C5(c6ccccc6)c6ccccc6-c6ccccc65)cc4)cccc2-3)cc1.c1ccc2c(c1)Cc1c(-c3cc(-c4cccc5c4Cc4ccccc4-5)cc(-c4cccc5c4Cc4ccccc4-5)c3)cccc1-2.c1ccc2c(c1)Cc1c-2cccc1-c1ccccc1-c1ccccc1-c1cccc2c1Cc1ccccc1-2. The van der Waals surface area contributed by atoms with Crippen molar-refractivity contribution in [1.29, 1.82) is 0 Å². The van der Waals surface area contributed by atoms with Crippen LogP contribution in [0.2, 0.25) is 0 Å². The molecule has 7 aliphatic carbocycles. The van der Waals surface area contributed by atoms with E-state index in [0.29, 0.717) is 0 Å². The summed E-state index contributed by atoms with van der Waals surface area (Å²) in [4.78, 5) is 0. The Balaban J connectivity index is 0.000000104. The fourth-order valence-corrected chi connectivity index (χ4v) is 23.1. The van der Waals surface area contributed by atoms with Gasteiger partial charge >= 0.3 is 0 Å². The first-order valence-electron chi connectivity index (χ1n) is 45.0. The molecular formula is C127H86. The zero-order valence-corrected chi connectivity index (χ0v) is 70.5. The van der Waals surface area contributed by atoms with Crippen molar-refractivity contribution < 1.29 is 0 Å². The lowest BCUT2D eigenvalue weighted by Crippen LogP contribution is -2.28. The summed E-state index contributed by atoms with van der Waals surface area (Å²) in [5.74, 6) is 0. The predicted octanol–water partition coefficient (Wildman–Crippen LogP) is 32.2. The van der Waals surface area contributed by atoms with E-state index in [1.807, 2.05) is 0 Å². The molecule has 594 valence electrons. The van der Waals surface area contributed by atoms with Gasteiger partial charge in [0.1, 0.15) is 0 Å². The summed E-state index contributed by atoms with van der Waals surface area (Å²) in [6.07, 6.45) is 5.86. The molecule has 27 rings (SSSR count). The molecule has 20 aromatic carbocycles. The van der Waals surface area contributed by atoms with Crippen LogP contribution >= 0.6 is 0 Å². The van der Waals surface area contributed by atoms with Gasteiger partial charge in [0.15, 0.2) is 0 Å². The normalized spacial score (nSPS) is 13.1. The van der Waals surface area contributed by atoms with E-state index in [2.05, 4.69) is 449 Å². The smallest absolute Gasteiger partial charge is 0.0622 e. The van der Waals surface area contributed by atoms with Gasteiger partial charge < -0.3 is 0 Å². The Labute approximate surface area is 743 Å². The topological polar surface area (TPSA) is 0 Å². The molecule has 0 radical (unpaired) electrons.